The third-order valence-corrected chi connectivity index (χ3v) is 12.6. The fraction of sp³-hybridized carbons (Fsp3) is 0.721. The molecule has 19 heteroatoms. The van der Waals surface area contributed by atoms with Gasteiger partial charge in [-0.3, -0.25) is 14.4 Å². The minimum absolute atomic E-state index is 0.108. The molecular formula is C43H66N7O11P. The van der Waals surface area contributed by atoms with Gasteiger partial charge in [0.05, 0.1) is 48.9 Å². The average molecular weight is 888 g/mol. The Morgan fingerprint density at radius 2 is 1.73 bits per heavy atom. The third-order valence-electron chi connectivity index (χ3n) is 10.4. The first-order chi connectivity index (χ1) is 29.7. The molecule has 2 aromatic rings. The molecule has 3 N–H and O–H groups in total. The monoisotopic (exact) mass is 887 g/mol. The summed E-state index contributed by atoms with van der Waals surface area (Å²) in [5.74, 6) is 5.06. The van der Waals surface area contributed by atoms with E-state index in [9.17, 15) is 14.4 Å². The van der Waals surface area contributed by atoms with E-state index in [0.29, 0.717) is 67.7 Å². The number of hydrogen-bond donors (Lipinski definition) is 2. The largest absolute Gasteiger partial charge is 0.458 e. The van der Waals surface area contributed by atoms with Crippen LogP contribution in [0.2, 0.25) is 0 Å². The third kappa shape index (κ3) is 14.3. The Hall–Kier alpha value is -3.97. The van der Waals surface area contributed by atoms with Crippen LogP contribution in [-0.2, 0) is 51.9 Å². The van der Waals surface area contributed by atoms with Gasteiger partial charge in [-0.1, -0.05) is 32.6 Å². The molecule has 0 aliphatic carbocycles. The van der Waals surface area contributed by atoms with E-state index in [1.165, 1.54) is 20.2 Å². The van der Waals surface area contributed by atoms with Gasteiger partial charge in [-0.2, -0.15) is 5.26 Å². The van der Waals surface area contributed by atoms with Crippen molar-refractivity contribution in [1.82, 2.24) is 24.5 Å². The second-order valence-electron chi connectivity index (χ2n) is 15.9. The minimum atomic E-state index is -1.46. The number of esters is 2. The summed E-state index contributed by atoms with van der Waals surface area (Å²) in [6.07, 6.45) is 3.42. The number of anilines is 1. The number of nitrogens with two attached hydrogens (primary N) is 1. The molecular weight excluding hydrogens is 821 g/mol. The summed E-state index contributed by atoms with van der Waals surface area (Å²) in [5.41, 5.74) is 7.58. The lowest BCUT2D eigenvalue weighted by Crippen LogP contribution is -2.57. The SMILES string of the molecule is CC[C@H]1O[C@@H](OCCCCC(=O)NCCOCC#Cc2cn([C@H]3C[C@H](OP(OCCC#N)N(C(C)C)C(C)C)[C@@H](CC)O3)c3ncnc(N)c23)[C@H](C)[C@@H](OC(C)=O)[C@H]1OC(C)=O. The molecule has 0 spiro atoms. The number of ether oxygens (including phenoxy) is 6. The molecule has 2 aliphatic rings. The van der Waals surface area contributed by atoms with Crippen LogP contribution in [-0.4, -0.2) is 119 Å². The first-order valence-electron chi connectivity index (χ1n) is 21.7. The number of aromatic nitrogens is 3. The predicted octanol–water partition coefficient (Wildman–Crippen LogP) is 5.68. The Balaban J connectivity index is 1.24. The average Bonchev–Trinajstić information content (AvgIpc) is 3.80. The van der Waals surface area contributed by atoms with Gasteiger partial charge in [-0.05, 0) is 53.4 Å². The Kier molecular flexibility index (Phi) is 20.7. The Labute approximate surface area is 367 Å². The lowest BCUT2D eigenvalue weighted by molar-refractivity contribution is -0.283. The second-order valence-corrected chi connectivity index (χ2v) is 17.3. The van der Waals surface area contributed by atoms with Crippen LogP contribution in [0.4, 0.5) is 5.82 Å². The van der Waals surface area contributed by atoms with Crippen LogP contribution in [0.1, 0.15) is 119 Å². The van der Waals surface area contributed by atoms with E-state index in [-0.39, 0.29) is 62.4 Å². The molecule has 4 rings (SSSR count). The molecule has 4 heterocycles. The zero-order chi connectivity index (χ0) is 45.3. The van der Waals surface area contributed by atoms with Crippen molar-refractivity contribution in [3.63, 3.8) is 0 Å². The summed E-state index contributed by atoms with van der Waals surface area (Å²) in [6, 6.07) is 2.49. The molecule has 0 radical (unpaired) electrons. The van der Waals surface area contributed by atoms with Crippen molar-refractivity contribution >= 4 is 43.2 Å². The summed E-state index contributed by atoms with van der Waals surface area (Å²) in [6.45, 7) is 18.2. The van der Waals surface area contributed by atoms with Crippen LogP contribution in [0.25, 0.3) is 11.0 Å². The van der Waals surface area contributed by atoms with Gasteiger partial charge in [0.1, 0.15) is 42.8 Å². The summed E-state index contributed by atoms with van der Waals surface area (Å²) in [7, 11) is -1.46. The first kappa shape index (κ1) is 50.7. The van der Waals surface area contributed by atoms with Gasteiger partial charge in [0.2, 0.25) is 5.91 Å². The number of carbonyl (C=O) groups excluding carboxylic acids is 3. The lowest BCUT2D eigenvalue weighted by Gasteiger charge is -2.44. The van der Waals surface area contributed by atoms with Crippen molar-refractivity contribution in [3.8, 4) is 17.9 Å². The fourth-order valence-electron chi connectivity index (χ4n) is 7.63. The lowest BCUT2D eigenvalue weighted by atomic mass is 9.90. The molecule has 344 valence electrons. The first-order valence-corrected chi connectivity index (χ1v) is 22.8. The zero-order valence-electron chi connectivity index (χ0n) is 37.7. The maximum absolute atomic E-state index is 12.5. The van der Waals surface area contributed by atoms with E-state index in [2.05, 4.69) is 72.5 Å². The molecule has 1 unspecified atom stereocenters. The van der Waals surface area contributed by atoms with Gasteiger partial charge in [0.15, 0.2) is 12.4 Å². The van der Waals surface area contributed by atoms with E-state index in [1.807, 2.05) is 24.6 Å². The normalized spacial score (nSPS) is 24.2. The molecule has 2 aromatic heterocycles. The van der Waals surface area contributed by atoms with Crippen LogP contribution >= 0.6 is 8.53 Å². The summed E-state index contributed by atoms with van der Waals surface area (Å²) < 4.78 is 52.4. The zero-order valence-corrected chi connectivity index (χ0v) is 38.6. The number of nitrogens with one attached hydrogen (secondary N) is 1. The smallest absolute Gasteiger partial charge is 0.303 e. The number of nitriles is 1. The number of nitrogens with zero attached hydrogens (tertiary/aromatic N) is 5. The standard InChI is InChI=1S/C43H66N7O11P/c1-10-33-35(61-62(56-22-15-18-44)50(27(3)4)28(5)6)24-37(59-33)49-25-32(38-41(45)47-26-48-42(38)49)16-14-20-54-23-19-46-36(53)17-12-13-21-55-43-29(7)39(57-30(8)51)40(58-31(9)52)34(11-2)60-43/h25-29,33-35,37,39-40,43H,10-13,15,17,19-24H2,1-9H3,(H,46,53)(H2,45,47,48)/t29-,33-,34-,35+,37-,39-,40+,43-,62?/m1/s1. The Bertz CT molecular complexity index is 1860. The Morgan fingerprint density at radius 1 is 1.02 bits per heavy atom. The molecule has 2 saturated heterocycles. The van der Waals surface area contributed by atoms with Crippen LogP contribution in [0.3, 0.4) is 0 Å². The number of hydrogen-bond acceptors (Lipinski definition) is 16. The molecule has 18 nitrogen and oxygen atoms in total. The summed E-state index contributed by atoms with van der Waals surface area (Å²) in [5, 5.41) is 12.6. The fourth-order valence-corrected chi connectivity index (χ4v) is 9.39. The van der Waals surface area contributed by atoms with Crippen LogP contribution in [0.15, 0.2) is 12.5 Å². The highest BCUT2D eigenvalue weighted by Crippen LogP contribution is 2.50. The number of carbonyl (C=O) groups is 3. The molecule has 9 atom stereocenters. The maximum Gasteiger partial charge on any atom is 0.303 e. The van der Waals surface area contributed by atoms with Crippen molar-refractivity contribution < 1.29 is 51.9 Å². The van der Waals surface area contributed by atoms with E-state index < -0.39 is 51.3 Å². The molecule has 2 aliphatic heterocycles. The van der Waals surface area contributed by atoms with E-state index in [0.717, 1.165) is 6.42 Å². The van der Waals surface area contributed by atoms with E-state index in [4.69, 9.17) is 48.5 Å². The van der Waals surface area contributed by atoms with Gasteiger partial charge >= 0.3 is 11.9 Å². The molecule has 1 amide bonds. The predicted molar refractivity (Wildman–Crippen MR) is 231 cm³/mol. The number of unbranched alkanes of at least 4 members (excludes halogenated alkanes) is 1. The molecule has 2 fully saturated rings. The van der Waals surface area contributed by atoms with Crippen molar-refractivity contribution in [2.24, 2.45) is 5.92 Å². The maximum atomic E-state index is 12.5. The summed E-state index contributed by atoms with van der Waals surface area (Å²) >= 11 is 0. The van der Waals surface area contributed by atoms with Crippen LogP contribution < -0.4 is 11.1 Å². The second kappa shape index (κ2) is 25.4. The molecule has 0 saturated carbocycles. The number of rotatable bonds is 23. The summed E-state index contributed by atoms with van der Waals surface area (Å²) in [4.78, 5) is 44.8. The Morgan fingerprint density at radius 3 is 2.39 bits per heavy atom. The highest BCUT2D eigenvalue weighted by atomic mass is 31.2. The quantitative estimate of drug-likeness (QED) is 0.0593. The highest BCUT2D eigenvalue weighted by molar-refractivity contribution is 7.44. The van der Waals surface area contributed by atoms with Gasteiger partial charge in [0.25, 0.3) is 8.53 Å². The van der Waals surface area contributed by atoms with Gasteiger partial charge < -0.3 is 53.1 Å². The van der Waals surface area contributed by atoms with Crippen LogP contribution in [0.5, 0.6) is 0 Å². The molecule has 0 bridgehead atoms. The highest BCUT2D eigenvalue weighted by Gasteiger charge is 2.47. The minimum Gasteiger partial charge on any atom is -0.458 e. The van der Waals surface area contributed by atoms with Crippen molar-refractivity contribution in [2.75, 3.05) is 38.7 Å². The number of fused-ring (bicyclic) bond motifs is 1. The van der Waals surface area contributed by atoms with Gasteiger partial charge in [0, 0.05) is 64.0 Å². The topological polar surface area (TPSA) is 221 Å². The van der Waals surface area contributed by atoms with Crippen LogP contribution in [0, 0.1) is 29.1 Å². The van der Waals surface area contributed by atoms with E-state index >= 15 is 0 Å². The van der Waals surface area contributed by atoms with Crippen molar-refractivity contribution in [3.05, 3.63) is 18.1 Å². The van der Waals surface area contributed by atoms with Gasteiger partial charge in [-0.25, -0.2) is 14.6 Å². The van der Waals surface area contributed by atoms with E-state index in [1.54, 1.807) is 0 Å². The van der Waals surface area contributed by atoms with Gasteiger partial charge in [-0.15, -0.1) is 0 Å². The van der Waals surface area contributed by atoms with Crippen molar-refractivity contribution in [2.45, 2.75) is 162 Å². The number of nitrogen functional groups attached to an aromatic ring is 1. The van der Waals surface area contributed by atoms with Crippen molar-refractivity contribution in [1.29, 1.82) is 5.26 Å². The molecule has 62 heavy (non-hydrogen) atoms. The molecule has 0 aromatic carbocycles. The number of amides is 1.